The zero-order chi connectivity index (χ0) is 14.0. The zero-order valence-electron chi connectivity index (χ0n) is 10.7. The molecule has 104 valence electrons. The van der Waals surface area contributed by atoms with E-state index in [0.717, 1.165) is 0 Å². The molecule has 1 saturated heterocycles. The van der Waals surface area contributed by atoms with Crippen LogP contribution in [0.25, 0.3) is 0 Å². The molecule has 0 atom stereocenters. The van der Waals surface area contributed by atoms with Gasteiger partial charge < -0.3 is 15.4 Å². The molecule has 0 unspecified atom stereocenters. The van der Waals surface area contributed by atoms with Gasteiger partial charge in [-0.1, -0.05) is 0 Å². The lowest BCUT2D eigenvalue weighted by atomic mass is 9.93. The van der Waals surface area contributed by atoms with Crippen LogP contribution in [0.3, 0.4) is 0 Å². The van der Waals surface area contributed by atoms with Crippen molar-refractivity contribution in [2.45, 2.75) is 25.4 Å². The van der Waals surface area contributed by atoms with Crippen molar-refractivity contribution >= 4 is 11.7 Å². The fourth-order valence-electron chi connectivity index (χ4n) is 2.07. The van der Waals surface area contributed by atoms with E-state index < -0.39 is 17.3 Å². The molecule has 7 heteroatoms. The lowest BCUT2D eigenvalue weighted by molar-refractivity contribution is -0.00213. The number of carbonyl (C=O) groups excluding carboxylic acids is 1. The first-order chi connectivity index (χ1) is 8.94. The number of hydrazine groups is 1. The van der Waals surface area contributed by atoms with Crippen molar-refractivity contribution in [3.05, 3.63) is 23.6 Å². The Labute approximate surface area is 110 Å². The molecular formula is C12H17FN4O2. The Hall–Kier alpha value is -1.73. The topological polar surface area (TPSA) is 91.5 Å². The van der Waals surface area contributed by atoms with Crippen molar-refractivity contribution in [2.24, 2.45) is 5.84 Å². The van der Waals surface area contributed by atoms with Gasteiger partial charge >= 0.3 is 0 Å². The second-order valence-corrected chi connectivity index (χ2v) is 4.95. The van der Waals surface area contributed by atoms with Crippen LogP contribution in [0.15, 0.2) is 12.3 Å². The molecule has 0 bridgehead atoms. The molecule has 19 heavy (non-hydrogen) atoms. The van der Waals surface area contributed by atoms with Gasteiger partial charge in [-0.25, -0.2) is 15.2 Å². The Balaban J connectivity index is 2.17. The minimum Gasteiger partial charge on any atom is -0.390 e. The van der Waals surface area contributed by atoms with Crippen LogP contribution in [0.1, 0.15) is 30.1 Å². The number of pyridine rings is 1. The highest BCUT2D eigenvalue weighted by Gasteiger charge is 2.31. The number of likely N-dealkylation sites (tertiary alicyclic amines) is 1. The smallest absolute Gasteiger partial charge is 0.257 e. The van der Waals surface area contributed by atoms with Crippen molar-refractivity contribution < 1.29 is 14.3 Å². The van der Waals surface area contributed by atoms with Gasteiger partial charge in [0.05, 0.1) is 11.2 Å². The van der Waals surface area contributed by atoms with Crippen LogP contribution >= 0.6 is 0 Å². The lowest BCUT2D eigenvalue weighted by Gasteiger charge is -2.35. The number of aromatic nitrogens is 1. The Morgan fingerprint density at radius 2 is 2.21 bits per heavy atom. The zero-order valence-corrected chi connectivity index (χ0v) is 10.7. The molecule has 1 aromatic rings. The number of nitrogens with one attached hydrogen (secondary N) is 1. The number of piperidine rings is 1. The standard InChI is InChI=1S/C12H17FN4O2/c1-12(19)3-6-17(7-4-12)11(18)8-2-5-15-10(16-14)9(8)13/h2,5,19H,3-4,6-7,14H2,1H3,(H,15,16). The fraction of sp³-hybridized carbons (Fsp3) is 0.500. The van der Waals surface area contributed by atoms with Crippen molar-refractivity contribution in [1.29, 1.82) is 0 Å². The van der Waals surface area contributed by atoms with Crippen LogP contribution in [0.2, 0.25) is 0 Å². The van der Waals surface area contributed by atoms with Crippen LogP contribution < -0.4 is 11.3 Å². The highest BCUT2D eigenvalue weighted by Crippen LogP contribution is 2.23. The maximum Gasteiger partial charge on any atom is 0.257 e. The molecule has 0 aliphatic carbocycles. The predicted octanol–water partition coefficient (Wildman–Crippen LogP) is 0.493. The number of hydrogen-bond acceptors (Lipinski definition) is 5. The van der Waals surface area contributed by atoms with Crippen molar-refractivity contribution in [3.63, 3.8) is 0 Å². The quantitative estimate of drug-likeness (QED) is 0.536. The minimum absolute atomic E-state index is 0.0653. The van der Waals surface area contributed by atoms with Gasteiger partial charge in [0.1, 0.15) is 0 Å². The number of rotatable bonds is 2. The lowest BCUT2D eigenvalue weighted by Crippen LogP contribution is -2.45. The Kier molecular flexibility index (Phi) is 3.68. The maximum atomic E-state index is 13.9. The molecule has 0 saturated carbocycles. The molecule has 1 aromatic heterocycles. The first kappa shape index (κ1) is 13.7. The molecule has 1 aliphatic heterocycles. The van der Waals surface area contributed by atoms with Crippen LogP contribution in [0, 0.1) is 5.82 Å². The molecule has 1 aliphatic rings. The molecule has 4 N–H and O–H groups in total. The first-order valence-corrected chi connectivity index (χ1v) is 6.07. The summed E-state index contributed by atoms with van der Waals surface area (Å²) in [6.45, 7) is 2.54. The summed E-state index contributed by atoms with van der Waals surface area (Å²) in [7, 11) is 0. The van der Waals surface area contributed by atoms with E-state index in [2.05, 4.69) is 10.4 Å². The molecule has 2 heterocycles. The summed E-state index contributed by atoms with van der Waals surface area (Å²) in [6.07, 6.45) is 2.28. The molecule has 0 aromatic carbocycles. The summed E-state index contributed by atoms with van der Waals surface area (Å²) >= 11 is 0. The SMILES string of the molecule is CC1(O)CCN(C(=O)c2ccnc(NN)c2F)CC1. The average Bonchev–Trinajstić information content (AvgIpc) is 2.38. The monoisotopic (exact) mass is 268 g/mol. The summed E-state index contributed by atoms with van der Waals surface area (Å²) < 4.78 is 13.9. The van der Waals surface area contributed by atoms with Gasteiger partial charge in [0.15, 0.2) is 11.6 Å². The summed E-state index contributed by atoms with van der Waals surface area (Å²) in [5.41, 5.74) is 1.29. The van der Waals surface area contributed by atoms with E-state index in [4.69, 9.17) is 5.84 Å². The largest absolute Gasteiger partial charge is 0.390 e. The van der Waals surface area contributed by atoms with E-state index in [1.54, 1.807) is 6.92 Å². The number of aliphatic hydroxyl groups is 1. The second kappa shape index (κ2) is 5.10. The van der Waals surface area contributed by atoms with Crippen molar-refractivity contribution in [1.82, 2.24) is 9.88 Å². The van der Waals surface area contributed by atoms with Gasteiger partial charge in [0.25, 0.3) is 5.91 Å². The number of hydrogen-bond donors (Lipinski definition) is 3. The van der Waals surface area contributed by atoms with E-state index in [0.29, 0.717) is 25.9 Å². The number of nitrogens with two attached hydrogens (primary N) is 1. The van der Waals surface area contributed by atoms with E-state index in [9.17, 15) is 14.3 Å². The van der Waals surface area contributed by atoms with Crippen molar-refractivity contribution in [2.75, 3.05) is 18.5 Å². The van der Waals surface area contributed by atoms with E-state index in [1.807, 2.05) is 0 Å². The summed E-state index contributed by atoms with van der Waals surface area (Å²) in [5, 5.41) is 9.83. The number of nitrogens with zero attached hydrogens (tertiary/aromatic N) is 2. The normalized spacial score (nSPS) is 18.2. The third-order valence-electron chi connectivity index (χ3n) is 3.38. The van der Waals surface area contributed by atoms with Crippen molar-refractivity contribution in [3.8, 4) is 0 Å². The minimum atomic E-state index is -0.757. The molecule has 0 spiro atoms. The van der Waals surface area contributed by atoms with Crippen LogP contribution in [0.4, 0.5) is 10.2 Å². The van der Waals surface area contributed by atoms with Crippen LogP contribution in [-0.4, -0.2) is 39.6 Å². The van der Waals surface area contributed by atoms with Gasteiger partial charge in [-0.3, -0.25) is 4.79 Å². The van der Waals surface area contributed by atoms with Gasteiger partial charge in [0.2, 0.25) is 0 Å². The third-order valence-corrected chi connectivity index (χ3v) is 3.38. The Morgan fingerprint density at radius 1 is 1.58 bits per heavy atom. The first-order valence-electron chi connectivity index (χ1n) is 6.07. The number of carbonyl (C=O) groups is 1. The number of halogens is 1. The van der Waals surface area contributed by atoms with E-state index in [-0.39, 0.29) is 11.4 Å². The fourth-order valence-corrected chi connectivity index (χ4v) is 2.07. The highest BCUT2D eigenvalue weighted by atomic mass is 19.1. The summed E-state index contributed by atoms with van der Waals surface area (Å²) in [4.78, 5) is 17.4. The van der Waals surface area contributed by atoms with Crippen LogP contribution in [-0.2, 0) is 0 Å². The molecule has 0 radical (unpaired) electrons. The van der Waals surface area contributed by atoms with Gasteiger partial charge in [-0.2, -0.15) is 0 Å². The Morgan fingerprint density at radius 3 is 2.79 bits per heavy atom. The predicted molar refractivity (Wildman–Crippen MR) is 67.8 cm³/mol. The van der Waals surface area contributed by atoms with Gasteiger partial charge in [-0.15, -0.1) is 0 Å². The maximum absolute atomic E-state index is 13.9. The number of nitrogen functional groups attached to an aromatic ring is 1. The average molecular weight is 268 g/mol. The summed E-state index contributed by atoms with van der Waals surface area (Å²) in [5.74, 6) is 3.80. The van der Waals surface area contributed by atoms with Gasteiger partial charge in [0, 0.05) is 19.3 Å². The van der Waals surface area contributed by atoms with E-state index in [1.165, 1.54) is 17.2 Å². The van der Waals surface area contributed by atoms with E-state index >= 15 is 0 Å². The molecule has 6 nitrogen and oxygen atoms in total. The van der Waals surface area contributed by atoms with Gasteiger partial charge in [-0.05, 0) is 25.8 Å². The summed E-state index contributed by atoms with van der Waals surface area (Å²) in [6, 6.07) is 1.32. The molecular weight excluding hydrogens is 251 g/mol. The molecule has 1 fully saturated rings. The molecule has 2 rings (SSSR count). The number of amides is 1. The third kappa shape index (κ3) is 2.82. The molecule has 1 amide bonds. The van der Waals surface area contributed by atoms with Crippen LogP contribution in [0.5, 0.6) is 0 Å². The highest BCUT2D eigenvalue weighted by molar-refractivity contribution is 5.95. The number of anilines is 1. The second-order valence-electron chi connectivity index (χ2n) is 4.95. The Bertz CT molecular complexity index is 483.